The Bertz CT molecular complexity index is 830. The van der Waals surface area contributed by atoms with E-state index in [2.05, 4.69) is 22.1 Å². The van der Waals surface area contributed by atoms with Crippen LogP contribution in [0, 0.1) is 5.82 Å². The van der Waals surface area contributed by atoms with Crippen LogP contribution >= 0.6 is 11.8 Å². The lowest BCUT2D eigenvalue weighted by atomic mass is 10.1. The van der Waals surface area contributed by atoms with Crippen LogP contribution < -0.4 is 5.32 Å². The van der Waals surface area contributed by atoms with Crippen molar-refractivity contribution in [3.05, 3.63) is 49.1 Å². The summed E-state index contributed by atoms with van der Waals surface area (Å²) in [6, 6.07) is 5.47. The molecule has 1 aromatic carbocycles. The molecule has 150 valence electrons. The maximum Gasteiger partial charge on any atom is 0.244 e. The van der Waals surface area contributed by atoms with Gasteiger partial charge in [-0.15, -0.1) is 16.8 Å². The third-order valence-electron chi connectivity index (χ3n) is 3.77. The van der Waals surface area contributed by atoms with Crippen molar-refractivity contribution in [1.29, 1.82) is 0 Å². The zero-order valence-corrected chi connectivity index (χ0v) is 17.0. The number of benzene rings is 1. The first kappa shape index (κ1) is 21.6. The van der Waals surface area contributed by atoms with Crippen molar-refractivity contribution >= 4 is 29.3 Å². The molecule has 9 heteroatoms. The number of anilines is 1. The summed E-state index contributed by atoms with van der Waals surface area (Å²) in [7, 11) is 0. The molecule has 0 fully saturated rings. The van der Waals surface area contributed by atoms with E-state index in [4.69, 9.17) is 0 Å². The average molecular weight is 405 g/mol. The number of allylic oxidation sites excluding steroid dienone is 1. The summed E-state index contributed by atoms with van der Waals surface area (Å²) in [4.78, 5) is 26.7. The largest absolute Gasteiger partial charge is 0.328 e. The van der Waals surface area contributed by atoms with E-state index >= 15 is 0 Å². The van der Waals surface area contributed by atoms with Crippen LogP contribution in [0.3, 0.4) is 0 Å². The molecule has 7 nitrogen and oxygen atoms in total. The number of nitrogens with zero attached hydrogens (tertiary/aromatic N) is 4. The Morgan fingerprint density at radius 1 is 1.32 bits per heavy atom. The molecule has 0 aliphatic heterocycles. The summed E-state index contributed by atoms with van der Waals surface area (Å²) in [6.07, 6.45) is 3.29. The van der Waals surface area contributed by atoms with Crippen molar-refractivity contribution in [3.63, 3.8) is 0 Å². The molecule has 1 heterocycles. The van der Waals surface area contributed by atoms with Crippen LogP contribution in [-0.2, 0) is 16.1 Å². The predicted octanol–water partition coefficient (Wildman–Crippen LogP) is 2.96. The molecule has 0 spiro atoms. The van der Waals surface area contributed by atoms with Crippen LogP contribution in [0.4, 0.5) is 10.1 Å². The lowest BCUT2D eigenvalue weighted by Gasteiger charge is -2.35. The van der Waals surface area contributed by atoms with Gasteiger partial charge in [0, 0.05) is 17.8 Å². The molecule has 0 saturated heterocycles. The van der Waals surface area contributed by atoms with E-state index in [1.807, 2.05) is 20.8 Å². The first-order valence-corrected chi connectivity index (χ1v) is 9.66. The maximum atomic E-state index is 13.0. The number of rotatable bonds is 8. The van der Waals surface area contributed by atoms with Crippen LogP contribution in [0.15, 0.2) is 48.4 Å². The normalized spacial score (nSPS) is 11.1. The summed E-state index contributed by atoms with van der Waals surface area (Å²) in [5.74, 6) is -0.808. The number of aromatic nitrogens is 3. The van der Waals surface area contributed by atoms with E-state index in [0.717, 1.165) is 0 Å². The van der Waals surface area contributed by atoms with Crippen molar-refractivity contribution in [1.82, 2.24) is 19.7 Å². The second-order valence-electron chi connectivity index (χ2n) is 7.05. The monoisotopic (exact) mass is 405 g/mol. The van der Waals surface area contributed by atoms with Crippen LogP contribution in [0.5, 0.6) is 0 Å². The smallest absolute Gasteiger partial charge is 0.244 e. The van der Waals surface area contributed by atoms with Crippen LogP contribution in [0.1, 0.15) is 20.8 Å². The first-order valence-electron chi connectivity index (χ1n) is 8.68. The Morgan fingerprint density at radius 2 is 2.00 bits per heavy atom. The SMILES string of the molecule is C=CCn1cnnc1SCC(=O)N(CC(=O)Nc1ccc(F)cc1)C(C)(C)C. The number of hydrogen-bond donors (Lipinski definition) is 1. The van der Waals surface area contributed by atoms with Crippen LogP contribution in [0.25, 0.3) is 0 Å². The van der Waals surface area contributed by atoms with Gasteiger partial charge < -0.3 is 14.8 Å². The van der Waals surface area contributed by atoms with Gasteiger partial charge in [0.15, 0.2) is 5.16 Å². The summed E-state index contributed by atoms with van der Waals surface area (Å²) in [6.45, 7) is 9.70. The summed E-state index contributed by atoms with van der Waals surface area (Å²) in [5, 5.41) is 11.1. The summed E-state index contributed by atoms with van der Waals surface area (Å²) in [5.41, 5.74) is -0.0772. The number of carbonyl (C=O) groups is 2. The number of nitrogens with one attached hydrogen (secondary N) is 1. The van der Waals surface area contributed by atoms with Gasteiger partial charge in [0.05, 0.1) is 5.75 Å². The highest BCUT2D eigenvalue weighted by Gasteiger charge is 2.28. The molecule has 0 bridgehead atoms. The minimum atomic E-state index is -0.549. The van der Waals surface area contributed by atoms with Crippen molar-refractivity contribution in [2.75, 3.05) is 17.6 Å². The molecule has 0 saturated carbocycles. The molecule has 0 radical (unpaired) electrons. The quantitative estimate of drug-likeness (QED) is 0.540. The minimum absolute atomic E-state index is 0.111. The van der Waals surface area contributed by atoms with Crippen LogP contribution in [0.2, 0.25) is 0 Å². The third-order valence-corrected chi connectivity index (χ3v) is 4.74. The minimum Gasteiger partial charge on any atom is -0.328 e. The lowest BCUT2D eigenvalue weighted by molar-refractivity contribution is -0.137. The highest BCUT2D eigenvalue weighted by Crippen LogP contribution is 2.20. The fraction of sp³-hybridized carbons (Fsp3) is 0.368. The number of carbonyl (C=O) groups excluding carboxylic acids is 2. The third kappa shape index (κ3) is 6.19. The van der Waals surface area contributed by atoms with Crippen molar-refractivity contribution in [3.8, 4) is 0 Å². The molecule has 1 N–H and O–H groups in total. The van der Waals surface area contributed by atoms with Crippen molar-refractivity contribution < 1.29 is 14.0 Å². The Hall–Kier alpha value is -2.68. The van der Waals surface area contributed by atoms with Crippen molar-refractivity contribution in [2.45, 2.75) is 38.0 Å². The molecule has 0 unspecified atom stereocenters. The fourth-order valence-corrected chi connectivity index (χ4v) is 3.20. The zero-order valence-electron chi connectivity index (χ0n) is 16.2. The molecule has 1 aromatic heterocycles. The second kappa shape index (κ2) is 9.50. The van der Waals surface area contributed by atoms with Crippen molar-refractivity contribution in [2.24, 2.45) is 0 Å². The average Bonchev–Trinajstić information content (AvgIpc) is 3.06. The number of hydrogen-bond acceptors (Lipinski definition) is 5. The first-order chi connectivity index (χ1) is 13.2. The number of thioether (sulfide) groups is 1. The highest BCUT2D eigenvalue weighted by atomic mass is 32.2. The molecule has 2 amide bonds. The van der Waals surface area contributed by atoms with Crippen LogP contribution in [-0.4, -0.2) is 49.3 Å². The Balaban J connectivity index is 2.00. The standard InChI is InChI=1S/C19H24FN5O2S/c1-5-10-24-13-21-23-18(24)28-12-17(27)25(19(2,3)4)11-16(26)22-15-8-6-14(20)7-9-15/h5-9,13H,1,10-12H2,2-4H3,(H,22,26). The fourth-order valence-electron chi connectivity index (χ4n) is 2.40. The molecule has 2 aromatic rings. The zero-order chi connectivity index (χ0) is 20.7. The van der Waals surface area contributed by atoms with Gasteiger partial charge in [0.2, 0.25) is 11.8 Å². The van der Waals surface area contributed by atoms with Gasteiger partial charge >= 0.3 is 0 Å². The topological polar surface area (TPSA) is 80.1 Å². The predicted molar refractivity (Wildman–Crippen MR) is 107 cm³/mol. The highest BCUT2D eigenvalue weighted by molar-refractivity contribution is 7.99. The van der Waals surface area contributed by atoms with Gasteiger partial charge in [-0.25, -0.2) is 4.39 Å². The van der Waals surface area contributed by atoms with Gasteiger partial charge in [-0.1, -0.05) is 17.8 Å². The number of amides is 2. The van der Waals surface area contributed by atoms with E-state index < -0.39 is 5.54 Å². The lowest BCUT2D eigenvalue weighted by Crippen LogP contribution is -2.50. The van der Waals surface area contributed by atoms with E-state index in [9.17, 15) is 14.0 Å². The molecule has 0 atom stereocenters. The van der Waals surface area contributed by atoms with Gasteiger partial charge in [0.25, 0.3) is 0 Å². The number of halogens is 1. The Kier molecular flexibility index (Phi) is 7.33. The van der Waals surface area contributed by atoms with E-state index in [-0.39, 0.29) is 29.9 Å². The van der Waals surface area contributed by atoms with Gasteiger partial charge in [0.1, 0.15) is 18.7 Å². The molecular formula is C19H24FN5O2S. The second-order valence-corrected chi connectivity index (χ2v) is 7.99. The summed E-state index contributed by atoms with van der Waals surface area (Å²) < 4.78 is 14.8. The van der Waals surface area contributed by atoms with Gasteiger partial charge in [-0.3, -0.25) is 9.59 Å². The maximum absolute atomic E-state index is 13.0. The molecule has 2 rings (SSSR count). The molecule has 0 aliphatic carbocycles. The van der Waals surface area contributed by atoms with E-state index in [1.165, 1.54) is 40.9 Å². The van der Waals surface area contributed by atoms with E-state index in [0.29, 0.717) is 17.4 Å². The Labute approximate surface area is 168 Å². The summed E-state index contributed by atoms with van der Waals surface area (Å²) >= 11 is 1.26. The Morgan fingerprint density at radius 3 is 2.61 bits per heavy atom. The van der Waals surface area contributed by atoms with Gasteiger partial charge in [-0.2, -0.15) is 0 Å². The van der Waals surface area contributed by atoms with Gasteiger partial charge in [-0.05, 0) is 45.0 Å². The molecule has 28 heavy (non-hydrogen) atoms. The molecular weight excluding hydrogens is 381 g/mol. The van der Waals surface area contributed by atoms with E-state index in [1.54, 1.807) is 17.0 Å². The molecule has 0 aliphatic rings.